The zero-order chi connectivity index (χ0) is 22.1. The van der Waals surface area contributed by atoms with Crippen molar-refractivity contribution in [3.63, 3.8) is 0 Å². The Morgan fingerprint density at radius 3 is 2.50 bits per heavy atom. The number of hydrogen-bond acceptors (Lipinski definition) is 2. The zero-order valence-corrected chi connectivity index (χ0v) is 19.9. The van der Waals surface area contributed by atoms with Crippen LogP contribution >= 0.6 is 0 Å². The van der Waals surface area contributed by atoms with Crippen LogP contribution in [0.1, 0.15) is 79.6 Å². The molecule has 0 aliphatic heterocycles. The molecule has 0 amide bonds. The standard InChI is InChI=1S/C28H44O2/c1-18(2)19(3)9-10-20(4)25-13-14-26-22(8-7-15-28(25,26)6)11-12-23-16-24(29)17-27(30)21(23)5/h9-12,18-20,24-27,29-30H,5,7-8,13-17H2,1-4,6H3/b10-9+,22-11+,23-12-/t19-,20+,24+,25+,26-,27+,28-/m1/s1. The number of fused-ring (bicyclic) bond motifs is 1. The topological polar surface area (TPSA) is 40.5 Å². The average molecular weight is 413 g/mol. The van der Waals surface area contributed by atoms with Gasteiger partial charge in [0.15, 0.2) is 0 Å². The van der Waals surface area contributed by atoms with Crippen LogP contribution in [0, 0.1) is 35.0 Å². The third kappa shape index (κ3) is 4.86. The summed E-state index contributed by atoms with van der Waals surface area (Å²) in [6.45, 7) is 16.0. The van der Waals surface area contributed by atoms with E-state index in [1.54, 1.807) is 5.57 Å². The van der Waals surface area contributed by atoms with Gasteiger partial charge < -0.3 is 10.2 Å². The first-order valence-electron chi connectivity index (χ1n) is 12.3. The smallest absolute Gasteiger partial charge is 0.0811 e. The molecule has 3 rings (SSSR count). The lowest BCUT2D eigenvalue weighted by Gasteiger charge is -2.44. The molecule has 7 atom stereocenters. The normalized spacial score (nSPS) is 39.8. The van der Waals surface area contributed by atoms with Crippen LogP contribution in [0.4, 0.5) is 0 Å². The average Bonchev–Trinajstić information content (AvgIpc) is 3.04. The summed E-state index contributed by atoms with van der Waals surface area (Å²) in [7, 11) is 0. The Hall–Kier alpha value is -1.12. The van der Waals surface area contributed by atoms with Crippen LogP contribution in [0.25, 0.3) is 0 Å². The fourth-order valence-corrected chi connectivity index (χ4v) is 6.32. The van der Waals surface area contributed by atoms with Crippen molar-refractivity contribution in [2.75, 3.05) is 0 Å². The molecule has 3 aliphatic rings. The maximum Gasteiger partial charge on any atom is 0.0811 e. The Bertz CT molecular complexity index is 712. The van der Waals surface area contributed by atoms with Gasteiger partial charge in [-0.05, 0) is 84.7 Å². The molecule has 30 heavy (non-hydrogen) atoms. The zero-order valence-electron chi connectivity index (χ0n) is 19.9. The van der Waals surface area contributed by atoms with E-state index in [0.717, 1.165) is 17.1 Å². The minimum Gasteiger partial charge on any atom is -0.393 e. The van der Waals surface area contributed by atoms with Crippen molar-refractivity contribution in [3.05, 3.63) is 47.6 Å². The van der Waals surface area contributed by atoms with Crippen LogP contribution in [0.3, 0.4) is 0 Å². The summed E-state index contributed by atoms with van der Waals surface area (Å²) in [6.07, 6.45) is 15.8. The highest BCUT2D eigenvalue weighted by molar-refractivity contribution is 5.38. The van der Waals surface area contributed by atoms with Gasteiger partial charge in [-0.15, -0.1) is 0 Å². The molecular weight excluding hydrogens is 368 g/mol. The summed E-state index contributed by atoms with van der Waals surface area (Å²) in [4.78, 5) is 0. The van der Waals surface area contributed by atoms with Crippen LogP contribution in [-0.4, -0.2) is 22.4 Å². The molecule has 168 valence electrons. The second-order valence-corrected chi connectivity index (χ2v) is 11.0. The minimum absolute atomic E-state index is 0.385. The summed E-state index contributed by atoms with van der Waals surface area (Å²) in [5.74, 6) is 3.38. The molecule has 0 radical (unpaired) electrons. The third-order valence-corrected chi connectivity index (χ3v) is 8.71. The number of rotatable bonds is 5. The van der Waals surface area contributed by atoms with Gasteiger partial charge in [0.2, 0.25) is 0 Å². The number of aliphatic hydroxyl groups is 2. The molecule has 3 aliphatic carbocycles. The number of allylic oxidation sites excluding steroid dienone is 5. The van der Waals surface area contributed by atoms with Crippen LogP contribution in [-0.2, 0) is 0 Å². The van der Waals surface area contributed by atoms with E-state index < -0.39 is 12.2 Å². The van der Waals surface area contributed by atoms with E-state index in [1.165, 1.54) is 32.1 Å². The van der Waals surface area contributed by atoms with Crippen molar-refractivity contribution in [3.8, 4) is 0 Å². The molecule has 0 aromatic heterocycles. The van der Waals surface area contributed by atoms with Crippen molar-refractivity contribution in [2.45, 2.75) is 91.8 Å². The summed E-state index contributed by atoms with van der Waals surface area (Å²) in [5.41, 5.74) is 3.77. The monoisotopic (exact) mass is 412 g/mol. The van der Waals surface area contributed by atoms with Gasteiger partial charge in [-0.25, -0.2) is 0 Å². The van der Waals surface area contributed by atoms with Crippen LogP contribution < -0.4 is 0 Å². The van der Waals surface area contributed by atoms with E-state index in [0.29, 0.717) is 41.9 Å². The lowest BCUT2D eigenvalue weighted by Crippen LogP contribution is -2.35. The largest absolute Gasteiger partial charge is 0.393 e. The van der Waals surface area contributed by atoms with Gasteiger partial charge in [0, 0.05) is 6.42 Å². The van der Waals surface area contributed by atoms with Gasteiger partial charge >= 0.3 is 0 Å². The highest BCUT2D eigenvalue weighted by Crippen LogP contribution is 2.59. The lowest BCUT2D eigenvalue weighted by molar-refractivity contribution is 0.0862. The van der Waals surface area contributed by atoms with Gasteiger partial charge in [-0.3, -0.25) is 0 Å². The first-order valence-corrected chi connectivity index (χ1v) is 12.3. The maximum atomic E-state index is 10.1. The van der Waals surface area contributed by atoms with E-state index in [2.05, 4.69) is 65.5 Å². The summed E-state index contributed by atoms with van der Waals surface area (Å²) < 4.78 is 0. The van der Waals surface area contributed by atoms with Gasteiger partial charge in [0.25, 0.3) is 0 Å². The lowest BCUT2D eigenvalue weighted by atomic mass is 9.61. The first kappa shape index (κ1) is 23.5. The van der Waals surface area contributed by atoms with Crippen LogP contribution in [0.15, 0.2) is 47.6 Å². The molecule has 0 saturated heterocycles. The van der Waals surface area contributed by atoms with Crippen LogP contribution in [0.2, 0.25) is 0 Å². The predicted octanol–water partition coefficient (Wildman–Crippen LogP) is 6.61. The summed E-state index contributed by atoms with van der Waals surface area (Å²) >= 11 is 0. The molecule has 2 heteroatoms. The SMILES string of the molecule is C=C1/C(=C\C=C2/CCC[C@@]3(C)[C@@H]2CC[C@H]3[C@@H](C)/C=C/[C@@H](C)C(C)C)C[C@H](O)C[C@@H]1O. The van der Waals surface area contributed by atoms with Crippen molar-refractivity contribution >= 4 is 0 Å². The van der Waals surface area contributed by atoms with Gasteiger partial charge in [-0.1, -0.05) is 71.1 Å². The maximum absolute atomic E-state index is 10.1. The summed E-state index contributed by atoms with van der Waals surface area (Å²) in [6, 6.07) is 0. The van der Waals surface area contributed by atoms with Crippen molar-refractivity contribution in [1.29, 1.82) is 0 Å². The van der Waals surface area contributed by atoms with Crippen molar-refractivity contribution in [1.82, 2.24) is 0 Å². The molecular formula is C28H44O2. The highest BCUT2D eigenvalue weighted by Gasteiger charge is 2.50. The Kier molecular flexibility index (Phi) is 7.51. The molecule has 0 aromatic carbocycles. The fourth-order valence-electron chi connectivity index (χ4n) is 6.32. The number of hydrogen-bond donors (Lipinski definition) is 2. The first-order chi connectivity index (χ1) is 14.1. The second-order valence-electron chi connectivity index (χ2n) is 11.0. The number of aliphatic hydroxyl groups excluding tert-OH is 2. The fraction of sp³-hybridized carbons (Fsp3) is 0.714. The van der Waals surface area contributed by atoms with E-state index in [4.69, 9.17) is 0 Å². The van der Waals surface area contributed by atoms with Crippen LogP contribution in [0.5, 0.6) is 0 Å². The van der Waals surface area contributed by atoms with E-state index in [9.17, 15) is 10.2 Å². The highest BCUT2D eigenvalue weighted by atomic mass is 16.3. The van der Waals surface area contributed by atoms with E-state index in [-0.39, 0.29) is 0 Å². The van der Waals surface area contributed by atoms with Gasteiger partial charge in [0.05, 0.1) is 12.2 Å². The summed E-state index contributed by atoms with van der Waals surface area (Å²) in [5, 5.41) is 20.2. The Morgan fingerprint density at radius 2 is 1.80 bits per heavy atom. The quantitative estimate of drug-likeness (QED) is 0.499. The molecule has 2 nitrogen and oxygen atoms in total. The Balaban J connectivity index is 1.76. The van der Waals surface area contributed by atoms with E-state index >= 15 is 0 Å². The Morgan fingerprint density at radius 1 is 1.07 bits per heavy atom. The van der Waals surface area contributed by atoms with Crippen molar-refractivity contribution < 1.29 is 10.2 Å². The molecule has 0 heterocycles. The predicted molar refractivity (Wildman–Crippen MR) is 127 cm³/mol. The van der Waals surface area contributed by atoms with Gasteiger partial charge in [0.1, 0.15) is 0 Å². The van der Waals surface area contributed by atoms with Gasteiger partial charge in [-0.2, -0.15) is 0 Å². The Labute approximate surface area is 184 Å². The van der Waals surface area contributed by atoms with E-state index in [1.807, 2.05) is 0 Å². The molecule has 0 spiro atoms. The molecule has 0 bridgehead atoms. The molecule has 0 unspecified atom stereocenters. The van der Waals surface area contributed by atoms with Crippen molar-refractivity contribution in [2.24, 2.45) is 35.0 Å². The molecule has 3 fully saturated rings. The second kappa shape index (κ2) is 9.57. The third-order valence-electron chi connectivity index (χ3n) is 8.71. The molecule has 2 N–H and O–H groups in total. The molecule has 3 saturated carbocycles. The minimum atomic E-state index is -0.605. The molecule has 0 aromatic rings.